The molecule has 0 spiro atoms. The van der Waals surface area contributed by atoms with Crippen LogP contribution in [0.5, 0.6) is 0 Å². The molecule has 1 heterocycles. The minimum absolute atomic E-state index is 0.184. The molecule has 3 nitrogen and oxygen atoms in total. The van der Waals surface area contributed by atoms with Gasteiger partial charge in [-0.3, -0.25) is 5.84 Å². The quantitative estimate of drug-likeness (QED) is 0.501. The fourth-order valence-electron chi connectivity index (χ4n) is 1.55. The summed E-state index contributed by atoms with van der Waals surface area (Å²) in [5, 5.41) is 10.7. The first-order chi connectivity index (χ1) is 4.56. The minimum Gasteiger partial charge on any atom is -0.396 e. The Balaban J connectivity index is 2.58. The van der Waals surface area contributed by atoms with Crippen molar-refractivity contribution in [2.75, 3.05) is 19.7 Å². The molecular formula is C7H16N2O. The summed E-state index contributed by atoms with van der Waals surface area (Å²) in [7, 11) is 0. The fraction of sp³-hybridized carbons (Fsp3) is 1.00. The molecule has 1 aliphatic heterocycles. The van der Waals surface area contributed by atoms with E-state index in [0.29, 0.717) is 5.92 Å². The highest BCUT2D eigenvalue weighted by Crippen LogP contribution is 2.32. The molecule has 0 aliphatic carbocycles. The van der Waals surface area contributed by atoms with Crippen molar-refractivity contribution >= 4 is 0 Å². The molecule has 1 aliphatic rings. The van der Waals surface area contributed by atoms with Crippen molar-refractivity contribution < 1.29 is 5.11 Å². The second kappa shape index (κ2) is 2.49. The van der Waals surface area contributed by atoms with E-state index in [9.17, 15) is 0 Å². The van der Waals surface area contributed by atoms with Crippen LogP contribution in [0.1, 0.15) is 13.8 Å². The lowest BCUT2D eigenvalue weighted by Crippen LogP contribution is -2.29. The molecule has 0 aromatic rings. The first kappa shape index (κ1) is 7.98. The SMILES string of the molecule is CC1(C)CN(N)C[C@H]1CO. The van der Waals surface area contributed by atoms with Gasteiger partial charge in [-0.25, -0.2) is 5.01 Å². The highest BCUT2D eigenvalue weighted by Gasteiger charge is 2.37. The Morgan fingerprint density at radius 3 is 2.50 bits per heavy atom. The molecule has 0 unspecified atom stereocenters. The number of hydrogen-bond acceptors (Lipinski definition) is 3. The summed E-state index contributed by atoms with van der Waals surface area (Å²) in [5.41, 5.74) is 0.184. The predicted molar refractivity (Wildman–Crippen MR) is 40.1 cm³/mol. The van der Waals surface area contributed by atoms with Gasteiger partial charge in [0.2, 0.25) is 0 Å². The molecular weight excluding hydrogens is 128 g/mol. The van der Waals surface area contributed by atoms with E-state index in [2.05, 4.69) is 13.8 Å². The normalized spacial score (nSPS) is 33.0. The molecule has 1 rings (SSSR count). The van der Waals surface area contributed by atoms with Gasteiger partial charge in [-0.15, -0.1) is 0 Å². The van der Waals surface area contributed by atoms with E-state index in [1.54, 1.807) is 5.01 Å². The Morgan fingerprint density at radius 2 is 2.30 bits per heavy atom. The summed E-state index contributed by atoms with van der Waals surface area (Å²) < 4.78 is 0. The van der Waals surface area contributed by atoms with Gasteiger partial charge in [0, 0.05) is 25.6 Å². The van der Waals surface area contributed by atoms with Gasteiger partial charge >= 0.3 is 0 Å². The van der Waals surface area contributed by atoms with Crippen LogP contribution in [0, 0.1) is 11.3 Å². The monoisotopic (exact) mass is 144 g/mol. The van der Waals surface area contributed by atoms with Crippen molar-refractivity contribution in [2.24, 2.45) is 17.2 Å². The van der Waals surface area contributed by atoms with Gasteiger partial charge in [0.25, 0.3) is 0 Å². The first-order valence-electron chi connectivity index (χ1n) is 3.67. The molecule has 0 saturated carbocycles. The molecule has 3 heteroatoms. The van der Waals surface area contributed by atoms with E-state index in [0.717, 1.165) is 13.1 Å². The molecule has 0 aromatic carbocycles. The third-order valence-corrected chi connectivity index (χ3v) is 2.39. The number of hydrogen-bond donors (Lipinski definition) is 2. The number of rotatable bonds is 1. The average Bonchev–Trinajstić information content (AvgIpc) is 2.04. The molecule has 0 radical (unpaired) electrons. The van der Waals surface area contributed by atoms with E-state index in [4.69, 9.17) is 10.9 Å². The molecule has 0 aromatic heterocycles. The zero-order chi connectivity index (χ0) is 7.78. The summed E-state index contributed by atoms with van der Waals surface area (Å²) in [6, 6.07) is 0. The van der Waals surface area contributed by atoms with E-state index >= 15 is 0 Å². The van der Waals surface area contributed by atoms with Crippen molar-refractivity contribution in [3.8, 4) is 0 Å². The van der Waals surface area contributed by atoms with Gasteiger partial charge in [0.15, 0.2) is 0 Å². The minimum atomic E-state index is 0.184. The molecule has 10 heavy (non-hydrogen) atoms. The molecule has 0 amide bonds. The van der Waals surface area contributed by atoms with Gasteiger partial charge in [-0.2, -0.15) is 0 Å². The van der Waals surface area contributed by atoms with Gasteiger partial charge < -0.3 is 5.11 Å². The van der Waals surface area contributed by atoms with Gasteiger partial charge in [-0.05, 0) is 5.41 Å². The fourth-order valence-corrected chi connectivity index (χ4v) is 1.55. The first-order valence-corrected chi connectivity index (χ1v) is 3.67. The lowest BCUT2D eigenvalue weighted by Gasteiger charge is -2.23. The van der Waals surface area contributed by atoms with Crippen LogP contribution in [0.15, 0.2) is 0 Å². The Hall–Kier alpha value is -0.120. The largest absolute Gasteiger partial charge is 0.396 e. The lowest BCUT2D eigenvalue weighted by molar-refractivity contribution is 0.161. The maximum atomic E-state index is 8.94. The Morgan fingerprint density at radius 1 is 1.70 bits per heavy atom. The van der Waals surface area contributed by atoms with Crippen molar-refractivity contribution in [1.82, 2.24) is 5.01 Å². The zero-order valence-electron chi connectivity index (χ0n) is 6.67. The lowest BCUT2D eigenvalue weighted by atomic mass is 9.83. The van der Waals surface area contributed by atoms with Crippen LogP contribution >= 0.6 is 0 Å². The van der Waals surface area contributed by atoms with Crippen LogP contribution in [0.25, 0.3) is 0 Å². The number of aliphatic hydroxyl groups excluding tert-OH is 1. The topological polar surface area (TPSA) is 49.5 Å². The zero-order valence-corrected chi connectivity index (χ0v) is 6.67. The second-order valence-corrected chi connectivity index (χ2v) is 3.80. The summed E-state index contributed by atoms with van der Waals surface area (Å²) in [6.07, 6.45) is 0. The van der Waals surface area contributed by atoms with Gasteiger partial charge in [0.1, 0.15) is 0 Å². The van der Waals surface area contributed by atoms with Crippen molar-refractivity contribution in [2.45, 2.75) is 13.8 Å². The van der Waals surface area contributed by atoms with E-state index in [1.165, 1.54) is 0 Å². The third kappa shape index (κ3) is 1.31. The van der Waals surface area contributed by atoms with Crippen LogP contribution in [0.3, 0.4) is 0 Å². The second-order valence-electron chi connectivity index (χ2n) is 3.80. The maximum Gasteiger partial charge on any atom is 0.0477 e. The van der Waals surface area contributed by atoms with Crippen LogP contribution in [-0.4, -0.2) is 29.8 Å². The van der Waals surface area contributed by atoms with Crippen molar-refractivity contribution in [1.29, 1.82) is 0 Å². The summed E-state index contributed by atoms with van der Waals surface area (Å²) in [5.74, 6) is 5.94. The molecule has 0 bridgehead atoms. The highest BCUT2D eigenvalue weighted by molar-refractivity contribution is 4.87. The molecule has 3 N–H and O–H groups in total. The molecule has 60 valence electrons. The summed E-state index contributed by atoms with van der Waals surface area (Å²) >= 11 is 0. The van der Waals surface area contributed by atoms with Gasteiger partial charge in [-0.1, -0.05) is 13.8 Å². The highest BCUT2D eigenvalue weighted by atomic mass is 16.3. The Kier molecular flexibility index (Phi) is 1.99. The Bertz CT molecular complexity index is 125. The average molecular weight is 144 g/mol. The summed E-state index contributed by atoms with van der Waals surface area (Å²) in [6.45, 7) is 6.24. The smallest absolute Gasteiger partial charge is 0.0477 e. The Labute approximate surface area is 61.8 Å². The predicted octanol–water partition coefficient (Wildman–Crippen LogP) is -0.190. The number of nitrogens with zero attached hydrogens (tertiary/aromatic N) is 1. The number of aliphatic hydroxyl groups is 1. The summed E-state index contributed by atoms with van der Waals surface area (Å²) in [4.78, 5) is 0. The van der Waals surface area contributed by atoms with Crippen molar-refractivity contribution in [3.05, 3.63) is 0 Å². The number of nitrogens with two attached hydrogens (primary N) is 1. The van der Waals surface area contributed by atoms with E-state index < -0.39 is 0 Å². The standard InChI is InChI=1S/C7H16N2O/c1-7(2)5-9(8)3-6(7)4-10/h6,10H,3-5,8H2,1-2H3/t6-/m0/s1. The molecule has 1 fully saturated rings. The molecule has 1 atom stereocenters. The van der Waals surface area contributed by atoms with Crippen LogP contribution in [0.4, 0.5) is 0 Å². The van der Waals surface area contributed by atoms with Crippen LogP contribution < -0.4 is 5.84 Å². The van der Waals surface area contributed by atoms with Gasteiger partial charge in [0.05, 0.1) is 0 Å². The molecule has 1 saturated heterocycles. The van der Waals surface area contributed by atoms with Crippen LogP contribution in [0.2, 0.25) is 0 Å². The van der Waals surface area contributed by atoms with Crippen LogP contribution in [-0.2, 0) is 0 Å². The van der Waals surface area contributed by atoms with E-state index in [1.807, 2.05) is 0 Å². The third-order valence-electron chi connectivity index (χ3n) is 2.39. The number of hydrazine groups is 1. The van der Waals surface area contributed by atoms with Crippen molar-refractivity contribution in [3.63, 3.8) is 0 Å². The maximum absolute atomic E-state index is 8.94. The van der Waals surface area contributed by atoms with E-state index in [-0.39, 0.29) is 12.0 Å².